The first-order valence-electron chi connectivity index (χ1n) is 10.0. The molecule has 0 radical (unpaired) electrons. The number of anilines is 2. The highest BCUT2D eigenvalue weighted by Gasteiger charge is 2.22. The molecule has 2 saturated heterocycles. The summed E-state index contributed by atoms with van der Waals surface area (Å²) in [7, 11) is 0. The number of carbonyl (C=O) groups is 1. The van der Waals surface area contributed by atoms with Crippen LogP contribution < -0.4 is 9.80 Å². The Bertz CT molecular complexity index is 783. The van der Waals surface area contributed by atoms with Crippen molar-refractivity contribution in [3.05, 3.63) is 47.7 Å². The van der Waals surface area contributed by atoms with Gasteiger partial charge in [0.05, 0.1) is 0 Å². The Morgan fingerprint density at radius 3 is 2.25 bits per heavy atom. The van der Waals surface area contributed by atoms with E-state index in [0.717, 1.165) is 82.8 Å². The molecule has 3 heterocycles. The van der Waals surface area contributed by atoms with Crippen LogP contribution in [0.15, 0.2) is 36.4 Å². The van der Waals surface area contributed by atoms with Crippen LogP contribution in [0, 0.1) is 6.92 Å². The van der Waals surface area contributed by atoms with Crippen LogP contribution in [0.25, 0.3) is 0 Å². The second-order valence-electron chi connectivity index (χ2n) is 7.54. The molecule has 7 nitrogen and oxygen atoms in total. The van der Waals surface area contributed by atoms with Gasteiger partial charge in [0.25, 0.3) is 0 Å². The maximum atomic E-state index is 10.9. The average molecular weight is 380 g/mol. The van der Waals surface area contributed by atoms with Gasteiger partial charge in [0, 0.05) is 70.7 Å². The zero-order chi connectivity index (χ0) is 19.3. The first kappa shape index (κ1) is 18.7. The molecule has 0 saturated carbocycles. The molecule has 148 valence electrons. The number of piperazine rings is 2. The number of hydrogen-bond donors (Lipinski definition) is 0. The molecule has 0 aliphatic carbocycles. The first-order valence-corrected chi connectivity index (χ1v) is 10.0. The maximum absolute atomic E-state index is 10.9. The lowest BCUT2D eigenvalue weighted by Gasteiger charge is -2.36. The molecule has 28 heavy (non-hydrogen) atoms. The van der Waals surface area contributed by atoms with Crippen molar-refractivity contribution in [1.82, 2.24) is 19.8 Å². The fourth-order valence-electron chi connectivity index (χ4n) is 3.84. The van der Waals surface area contributed by atoms with Gasteiger partial charge in [-0.1, -0.05) is 30.3 Å². The van der Waals surface area contributed by atoms with Crippen molar-refractivity contribution in [1.29, 1.82) is 0 Å². The second-order valence-corrected chi connectivity index (χ2v) is 7.54. The van der Waals surface area contributed by atoms with E-state index < -0.39 is 0 Å². The van der Waals surface area contributed by atoms with Crippen LogP contribution in [0.2, 0.25) is 0 Å². The number of benzene rings is 1. The van der Waals surface area contributed by atoms with E-state index >= 15 is 0 Å². The molecule has 0 atom stereocenters. The lowest BCUT2D eigenvalue weighted by Crippen LogP contribution is -2.47. The third-order valence-electron chi connectivity index (χ3n) is 5.52. The lowest BCUT2D eigenvalue weighted by atomic mass is 10.2. The summed E-state index contributed by atoms with van der Waals surface area (Å²) in [6, 6.07) is 12.7. The predicted octanol–water partition coefficient (Wildman–Crippen LogP) is 1.39. The van der Waals surface area contributed by atoms with E-state index in [1.54, 1.807) is 4.90 Å². The minimum absolute atomic E-state index is 0.730. The van der Waals surface area contributed by atoms with Gasteiger partial charge in [-0.25, -0.2) is 4.98 Å². The quantitative estimate of drug-likeness (QED) is 0.731. The highest BCUT2D eigenvalue weighted by atomic mass is 16.1. The van der Waals surface area contributed by atoms with Crippen molar-refractivity contribution >= 4 is 18.2 Å². The number of nitrogens with zero attached hydrogens (tertiary/aromatic N) is 6. The van der Waals surface area contributed by atoms with Crippen molar-refractivity contribution in [2.75, 3.05) is 62.2 Å². The van der Waals surface area contributed by atoms with Gasteiger partial charge in [-0.15, -0.1) is 0 Å². The summed E-state index contributed by atoms with van der Waals surface area (Å²) in [5.41, 5.74) is 2.36. The molecule has 0 unspecified atom stereocenters. The number of carbonyl (C=O) groups excluding carboxylic acids is 1. The van der Waals surface area contributed by atoms with Crippen LogP contribution in [0.5, 0.6) is 0 Å². The van der Waals surface area contributed by atoms with Crippen LogP contribution in [0.3, 0.4) is 0 Å². The first-order chi connectivity index (χ1) is 13.7. The number of amides is 1. The van der Waals surface area contributed by atoms with Gasteiger partial charge < -0.3 is 14.7 Å². The van der Waals surface area contributed by atoms with Crippen molar-refractivity contribution < 1.29 is 4.79 Å². The zero-order valence-electron chi connectivity index (χ0n) is 16.5. The Kier molecular flexibility index (Phi) is 5.71. The molecule has 1 aromatic heterocycles. The summed E-state index contributed by atoms with van der Waals surface area (Å²) >= 11 is 0. The van der Waals surface area contributed by atoms with E-state index in [4.69, 9.17) is 4.98 Å². The molecule has 2 aliphatic rings. The van der Waals surface area contributed by atoms with Crippen molar-refractivity contribution in [2.45, 2.75) is 13.5 Å². The summed E-state index contributed by atoms with van der Waals surface area (Å²) in [5, 5.41) is 0. The number of aryl methyl sites for hydroxylation is 1. The van der Waals surface area contributed by atoms with Gasteiger partial charge in [-0.3, -0.25) is 9.69 Å². The molecule has 2 aromatic rings. The van der Waals surface area contributed by atoms with Crippen molar-refractivity contribution in [2.24, 2.45) is 0 Å². The summed E-state index contributed by atoms with van der Waals surface area (Å²) < 4.78 is 0. The molecule has 2 aliphatic heterocycles. The van der Waals surface area contributed by atoms with Gasteiger partial charge in [-0.2, -0.15) is 4.98 Å². The molecule has 1 amide bonds. The van der Waals surface area contributed by atoms with E-state index in [1.165, 1.54) is 5.56 Å². The van der Waals surface area contributed by atoms with E-state index in [9.17, 15) is 4.79 Å². The highest BCUT2D eigenvalue weighted by Crippen LogP contribution is 2.20. The van der Waals surface area contributed by atoms with Crippen LogP contribution in [-0.4, -0.2) is 78.5 Å². The number of aromatic nitrogens is 2. The van der Waals surface area contributed by atoms with Gasteiger partial charge in [0.2, 0.25) is 12.4 Å². The van der Waals surface area contributed by atoms with E-state index in [1.807, 2.05) is 6.92 Å². The average Bonchev–Trinajstić information content (AvgIpc) is 2.75. The van der Waals surface area contributed by atoms with Gasteiger partial charge in [0.1, 0.15) is 5.82 Å². The summed E-state index contributed by atoms with van der Waals surface area (Å²) in [6.07, 6.45) is 0.925. The summed E-state index contributed by atoms with van der Waals surface area (Å²) in [4.78, 5) is 29.3. The Labute approximate surface area is 166 Å². The fraction of sp³-hybridized carbons (Fsp3) is 0.476. The molecular weight excluding hydrogens is 352 g/mol. The molecule has 7 heteroatoms. The lowest BCUT2D eigenvalue weighted by molar-refractivity contribution is -0.118. The summed E-state index contributed by atoms with van der Waals surface area (Å²) in [6.45, 7) is 10.1. The van der Waals surface area contributed by atoms with Gasteiger partial charge in [-0.05, 0) is 12.5 Å². The predicted molar refractivity (Wildman–Crippen MR) is 111 cm³/mol. The van der Waals surface area contributed by atoms with E-state index in [2.05, 4.69) is 56.1 Å². The minimum Gasteiger partial charge on any atom is -0.354 e. The standard InChI is InChI=1S/C21H28N6O/c1-18-15-20(23-21(22-18)27-13-9-25(17-28)10-14-27)26-11-7-24(8-12-26)16-19-5-3-2-4-6-19/h2-6,15,17H,7-14,16H2,1H3. The van der Waals surface area contributed by atoms with Gasteiger partial charge in [0.15, 0.2) is 0 Å². The molecule has 0 spiro atoms. The Morgan fingerprint density at radius 2 is 1.57 bits per heavy atom. The van der Waals surface area contributed by atoms with Crippen LogP contribution in [-0.2, 0) is 11.3 Å². The second kappa shape index (κ2) is 8.56. The largest absolute Gasteiger partial charge is 0.354 e. The van der Waals surface area contributed by atoms with Crippen molar-refractivity contribution in [3.63, 3.8) is 0 Å². The SMILES string of the molecule is Cc1cc(N2CCN(Cc3ccccc3)CC2)nc(N2CCN(C=O)CC2)n1. The fourth-order valence-corrected chi connectivity index (χ4v) is 3.84. The van der Waals surface area contributed by atoms with Crippen LogP contribution in [0.1, 0.15) is 11.3 Å². The molecule has 1 aromatic carbocycles. The Balaban J connectivity index is 1.38. The normalized spacial score (nSPS) is 18.4. The third kappa shape index (κ3) is 4.42. The highest BCUT2D eigenvalue weighted by molar-refractivity contribution is 5.50. The smallest absolute Gasteiger partial charge is 0.227 e. The zero-order valence-corrected chi connectivity index (χ0v) is 16.5. The van der Waals surface area contributed by atoms with Crippen molar-refractivity contribution in [3.8, 4) is 0 Å². The van der Waals surface area contributed by atoms with E-state index in [-0.39, 0.29) is 0 Å². The van der Waals surface area contributed by atoms with Crippen LogP contribution >= 0.6 is 0 Å². The topological polar surface area (TPSA) is 55.8 Å². The van der Waals surface area contributed by atoms with E-state index in [0.29, 0.717) is 0 Å². The Morgan fingerprint density at radius 1 is 0.893 bits per heavy atom. The number of hydrogen-bond acceptors (Lipinski definition) is 6. The summed E-state index contributed by atoms with van der Waals surface area (Å²) in [5.74, 6) is 1.80. The molecular formula is C21H28N6O. The third-order valence-corrected chi connectivity index (χ3v) is 5.52. The minimum atomic E-state index is 0.730. The molecule has 0 N–H and O–H groups in total. The number of rotatable bonds is 5. The Hall–Kier alpha value is -2.67. The molecule has 0 bridgehead atoms. The monoisotopic (exact) mass is 380 g/mol. The molecule has 2 fully saturated rings. The van der Waals surface area contributed by atoms with Crippen LogP contribution in [0.4, 0.5) is 11.8 Å². The van der Waals surface area contributed by atoms with Gasteiger partial charge >= 0.3 is 0 Å². The maximum Gasteiger partial charge on any atom is 0.227 e. The molecule has 4 rings (SSSR count).